The first-order valence-corrected chi connectivity index (χ1v) is 14.3. The van der Waals surface area contributed by atoms with Gasteiger partial charge in [0, 0.05) is 23.5 Å². The predicted molar refractivity (Wildman–Crippen MR) is 160 cm³/mol. The van der Waals surface area contributed by atoms with E-state index in [1.807, 2.05) is 0 Å². The summed E-state index contributed by atoms with van der Waals surface area (Å²) in [4.78, 5) is 24.3. The van der Waals surface area contributed by atoms with Gasteiger partial charge in [-0.05, 0) is 79.1 Å². The average Bonchev–Trinajstić information content (AvgIpc) is 2.96. The molecule has 4 rings (SSSR count). The quantitative estimate of drug-likeness (QED) is 0.206. The van der Waals surface area contributed by atoms with E-state index in [0.29, 0.717) is 29.1 Å². The van der Waals surface area contributed by atoms with Crippen LogP contribution in [0.5, 0.6) is 17.2 Å². The fourth-order valence-electron chi connectivity index (χ4n) is 5.41. The maximum absolute atomic E-state index is 14.9. The van der Waals surface area contributed by atoms with Gasteiger partial charge in [-0.3, -0.25) is 4.79 Å². The number of methoxy groups -OCH3 is 1. The molecule has 1 saturated carbocycles. The number of ether oxygens (including phenoxy) is 3. The number of rotatable bonds is 12. The largest absolute Gasteiger partial charge is 0.493 e. The van der Waals surface area contributed by atoms with E-state index in [1.165, 1.54) is 31.7 Å². The van der Waals surface area contributed by atoms with E-state index in [1.54, 1.807) is 42.5 Å². The maximum Gasteiger partial charge on any atom is 0.339 e. The fourth-order valence-corrected chi connectivity index (χ4v) is 5.41. The highest BCUT2D eigenvalue weighted by Gasteiger charge is 2.31. The average molecular weight is 579 g/mol. The first-order valence-electron chi connectivity index (χ1n) is 14.3. The molecule has 0 spiro atoms. The number of benzene rings is 3. The first kappa shape index (κ1) is 30.8. The zero-order chi connectivity index (χ0) is 30.2. The van der Waals surface area contributed by atoms with Crippen LogP contribution in [0.1, 0.15) is 56.0 Å². The zero-order valence-corrected chi connectivity index (χ0v) is 24.5. The number of carbonyl (C=O) groups excluding carboxylic acids is 1. The number of amides is 1. The molecule has 0 aromatic heterocycles. The van der Waals surface area contributed by atoms with Crippen molar-refractivity contribution in [2.75, 3.05) is 24.4 Å². The lowest BCUT2D eigenvalue weighted by Crippen LogP contribution is -2.36. The third kappa shape index (κ3) is 7.79. The summed E-state index contributed by atoms with van der Waals surface area (Å²) in [6, 6.07) is 15.9. The van der Waals surface area contributed by atoms with E-state index in [0.717, 1.165) is 12.8 Å². The van der Waals surface area contributed by atoms with Gasteiger partial charge in [-0.2, -0.15) is 0 Å². The van der Waals surface area contributed by atoms with Gasteiger partial charge in [0.05, 0.1) is 13.2 Å². The van der Waals surface area contributed by atoms with Gasteiger partial charge in [0.2, 0.25) is 5.91 Å². The molecule has 0 heterocycles. The molecule has 8 nitrogen and oxygen atoms in total. The molecular weight excluding hydrogens is 539 g/mol. The minimum atomic E-state index is -1.19. The molecule has 1 fully saturated rings. The number of hydrogen-bond donors (Lipinski definition) is 3. The van der Waals surface area contributed by atoms with Gasteiger partial charge in [-0.1, -0.05) is 39.3 Å². The molecule has 3 atom stereocenters. The van der Waals surface area contributed by atoms with E-state index >= 15 is 0 Å². The summed E-state index contributed by atoms with van der Waals surface area (Å²) >= 11 is 0. The second kappa shape index (κ2) is 14.2. The lowest BCUT2D eigenvalue weighted by atomic mass is 9.75. The van der Waals surface area contributed by atoms with Crippen LogP contribution in [0, 0.1) is 23.6 Å². The minimum Gasteiger partial charge on any atom is -0.493 e. The monoisotopic (exact) mass is 578 g/mol. The molecule has 0 radical (unpaired) electrons. The summed E-state index contributed by atoms with van der Waals surface area (Å²) in [5, 5.41) is 15.6. The van der Waals surface area contributed by atoms with Crippen LogP contribution in [-0.4, -0.2) is 36.8 Å². The number of hydrogen-bond acceptors (Lipinski definition) is 6. The van der Waals surface area contributed by atoms with Crippen molar-refractivity contribution >= 4 is 23.3 Å². The number of carboxylic acid groups (broad SMARTS) is 1. The summed E-state index contributed by atoms with van der Waals surface area (Å²) in [5.41, 5.74) is 1.43. The van der Waals surface area contributed by atoms with Crippen molar-refractivity contribution in [3.63, 3.8) is 0 Å². The summed E-state index contributed by atoms with van der Waals surface area (Å²) in [6.45, 7) is 6.73. The summed E-state index contributed by atoms with van der Waals surface area (Å²) in [7, 11) is 1.40. The van der Waals surface area contributed by atoms with E-state index in [-0.39, 0.29) is 53.5 Å². The molecule has 3 N–H and O–H groups in total. The van der Waals surface area contributed by atoms with Crippen LogP contribution in [0.25, 0.3) is 0 Å². The Balaban J connectivity index is 1.37. The number of carboxylic acids is 1. The van der Waals surface area contributed by atoms with E-state index in [4.69, 9.17) is 14.2 Å². The maximum atomic E-state index is 14.9. The van der Waals surface area contributed by atoms with E-state index in [9.17, 15) is 19.1 Å². The molecule has 224 valence electrons. The molecule has 0 bridgehead atoms. The smallest absolute Gasteiger partial charge is 0.339 e. The highest BCUT2D eigenvalue weighted by Crippen LogP contribution is 2.38. The van der Waals surface area contributed by atoms with Crippen molar-refractivity contribution < 1.29 is 33.3 Å². The van der Waals surface area contributed by atoms with Crippen LogP contribution in [0.4, 0.5) is 15.8 Å². The Bertz CT molecular complexity index is 1380. The van der Waals surface area contributed by atoms with Crippen LogP contribution in [-0.2, 0) is 16.1 Å². The standard InChI is InChI=1S/C33H39FN2O6/c1-20(2)24-16-11-21(3)17-30(24)41-19-31(37)36-23-14-12-22(13-15-23)35-18-26-27(34)8-6-9-28(26)42-32-25(33(38)39)7-5-10-29(32)40-4/h5-10,12-15,20-21,24,30,35H,11,16-19H2,1-4H3,(H,36,37)(H,38,39). The Hall–Kier alpha value is -4.11. The van der Waals surface area contributed by atoms with Crippen LogP contribution in [0.2, 0.25) is 0 Å². The summed E-state index contributed by atoms with van der Waals surface area (Å²) in [6.07, 6.45) is 3.40. The van der Waals surface area contributed by atoms with Gasteiger partial charge in [-0.15, -0.1) is 0 Å². The second-order valence-electron chi connectivity index (χ2n) is 11.1. The molecule has 3 aromatic carbocycles. The van der Waals surface area contributed by atoms with E-state index < -0.39 is 11.8 Å². The van der Waals surface area contributed by atoms with Crippen molar-refractivity contribution in [1.29, 1.82) is 0 Å². The lowest BCUT2D eigenvalue weighted by molar-refractivity contribution is -0.126. The van der Waals surface area contributed by atoms with Gasteiger partial charge < -0.3 is 30.0 Å². The molecule has 1 aliphatic rings. The van der Waals surface area contributed by atoms with Crippen molar-refractivity contribution in [2.24, 2.45) is 17.8 Å². The van der Waals surface area contributed by atoms with Crippen molar-refractivity contribution in [2.45, 2.75) is 52.7 Å². The van der Waals surface area contributed by atoms with Crippen LogP contribution in [0.15, 0.2) is 60.7 Å². The topological polar surface area (TPSA) is 106 Å². The Morgan fingerprint density at radius 2 is 1.69 bits per heavy atom. The van der Waals surface area contributed by atoms with Gasteiger partial charge in [0.15, 0.2) is 11.5 Å². The fraction of sp³-hybridized carbons (Fsp3) is 0.394. The number of para-hydroxylation sites is 1. The van der Waals surface area contributed by atoms with Crippen molar-refractivity contribution in [3.8, 4) is 17.2 Å². The number of carbonyl (C=O) groups is 2. The summed E-state index contributed by atoms with van der Waals surface area (Å²) in [5.74, 6) is 0.0327. The molecule has 3 unspecified atom stereocenters. The number of nitrogens with one attached hydrogen (secondary N) is 2. The highest BCUT2D eigenvalue weighted by molar-refractivity contribution is 5.92. The van der Waals surface area contributed by atoms with Gasteiger partial charge >= 0.3 is 5.97 Å². The molecule has 0 aliphatic heterocycles. The van der Waals surface area contributed by atoms with Crippen molar-refractivity contribution in [3.05, 3.63) is 77.6 Å². The molecule has 3 aromatic rings. The normalized spacial score (nSPS) is 18.4. The van der Waals surface area contributed by atoms with Crippen LogP contribution >= 0.6 is 0 Å². The predicted octanol–water partition coefficient (Wildman–Crippen LogP) is 7.35. The molecule has 0 saturated heterocycles. The number of aromatic carboxylic acids is 1. The highest BCUT2D eigenvalue weighted by atomic mass is 19.1. The van der Waals surface area contributed by atoms with E-state index in [2.05, 4.69) is 31.4 Å². The Morgan fingerprint density at radius 1 is 1.00 bits per heavy atom. The SMILES string of the molecule is COc1cccc(C(=O)O)c1Oc1cccc(F)c1CNc1ccc(NC(=O)COC2CC(C)CCC2C(C)C)cc1. The Labute approximate surface area is 246 Å². The minimum absolute atomic E-state index is 0.00641. The molecule has 42 heavy (non-hydrogen) atoms. The molecule has 9 heteroatoms. The molecular formula is C33H39FN2O6. The summed E-state index contributed by atoms with van der Waals surface area (Å²) < 4.78 is 32.1. The molecule has 1 amide bonds. The third-order valence-electron chi connectivity index (χ3n) is 7.74. The zero-order valence-electron chi connectivity index (χ0n) is 24.5. The van der Waals surface area contributed by atoms with Crippen molar-refractivity contribution in [1.82, 2.24) is 0 Å². The number of halogens is 1. The Kier molecular flexibility index (Phi) is 10.4. The molecule has 1 aliphatic carbocycles. The van der Waals surface area contributed by atoms with Gasteiger partial charge in [-0.25, -0.2) is 9.18 Å². The van der Waals surface area contributed by atoms with Crippen LogP contribution < -0.4 is 20.1 Å². The Morgan fingerprint density at radius 3 is 2.38 bits per heavy atom. The lowest BCUT2D eigenvalue weighted by Gasteiger charge is -2.37. The second-order valence-corrected chi connectivity index (χ2v) is 11.1. The number of anilines is 2. The van der Waals surface area contributed by atoms with Gasteiger partial charge in [0.1, 0.15) is 23.7 Å². The van der Waals surface area contributed by atoms with Crippen LogP contribution in [0.3, 0.4) is 0 Å². The first-order chi connectivity index (χ1) is 20.2. The third-order valence-corrected chi connectivity index (χ3v) is 7.74. The van der Waals surface area contributed by atoms with Gasteiger partial charge in [0.25, 0.3) is 0 Å².